The average molecular weight is 353 g/mol. The molecule has 2 heterocycles. The molecule has 0 radical (unpaired) electrons. The van der Waals surface area contributed by atoms with Crippen LogP contribution in [-0.2, 0) is 0 Å². The lowest BCUT2D eigenvalue weighted by Gasteiger charge is -2.23. The van der Waals surface area contributed by atoms with Crippen molar-refractivity contribution in [1.29, 1.82) is 0 Å². The summed E-state index contributed by atoms with van der Waals surface area (Å²) in [5, 5.41) is 6.40. The Bertz CT molecular complexity index is 788. The third-order valence-electron chi connectivity index (χ3n) is 4.78. The number of benzene rings is 1. The van der Waals surface area contributed by atoms with Gasteiger partial charge in [-0.3, -0.25) is 9.78 Å². The minimum absolute atomic E-state index is 0.193. The molecule has 1 amide bonds. The van der Waals surface area contributed by atoms with E-state index in [0.717, 1.165) is 5.69 Å². The van der Waals surface area contributed by atoms with E-state index in [2.05, 4.69) is 15.6 Å². The van der Waals surface area contributed by atoms with Gasteiger partial charge in [0.25, 0.3) is 5.91 Å². The van der Waals surface area contributed by atoms with E-state index in [-0.39, 0.29) is 5.91 Å². The maximum absolute atomic E-state index is 12.6. The SMILES string of the molecule is O=C(Nc1ccc2c(c1)OCCO2)c1cncc(NC2CCCCC2)c1. The van der Waals surface area contributed by atoms with E-state index in [1.165, 1.54) is 32.1 Å². The van der Waals surface area contributed by atoms with E-state index in [4.69, 9.17) is 9.47 Å². The summed E-state index contributed by atoms with van der Waals surface area (Å²) >= 11 is 0. The monoisotopic (exact) mass is 353 g/mol. The van der Waals surface area contributed by atoms with Crippen LogP contribution in [0.2, 0.25) is 0 Å². The van der Waals surface area contributed by atoms with Crippen molar-refractivity contribution in [3.05, 3.63) is 42.2 Å². The first-order chi connectivity index (χ1) is 12.8. The van der Waals surface area contributed by atoms with Gasteiger partial charge in [0.2, 0.25) is 0 Å². The molecule has 1 aliphatic heterocycles. The molecule has 0 spiro atoms. The number of aromatic nitrogens is 1. The second-order valence-electron chi connectivity index (χ2n) is 6.75. The van der Waals surface area contributed by atoms with Gasteiger partial charge in [0.15, 0.2) is 11.5 Å². The molecule has 0 unspecified atom stereocenters. The molecular weight excluding hydrogens is 330 g/mol. The minimum Gasteiger partial charge on any atom is -0.486 e. The molecule has 4 rings (SSSR count). The van der Waals surface area contributed by atoms with Gasteiger partial charge in [-0.15, -0.1) is 0 Å². The van der Waals surface area contributed by atoms with Crippen molar-refractivity contribution in [2.75, 3.05) is 23.8 Å². The molecule has 1 fully saturated rings. The second-order valence-corrected chi connectivity index (χ2v) is 6.75. The standard InChI is InChI=1S/C20H23N3O3/c24-20(23-16-6-7-18-19(11-16)26-9-8-25-18)14-10-17(13-21-12-14)22-15-4-2-1-3-5-15/h6-7,10-13,15,22H,1-5,8-9H2,(H,23,24). The highest BCUT2D eigenvalue weighted by Crippen LogP contribution is 2.32. The number of carbonyl (C=O) groups is 1. The zero-order valence-corrected chi connectivity index (χ0v) is 14.7. The van der Waals surface area contributed by atoms with Gasteiger partial charge in [0.05, 0.1) is 11.3 Å². The van der Waals surface area contributed by atoms with Crippen LogP contribution in [0.25, 0.3) is 0 Å². The van der Waals surface area contributed by atoms with Gasteiger partial charge in [0.1, 0.15) is 13.2 Å². The van der Waals surface area contributed by atoms with Crippen molar-refractivity contribution in [1.82, 2.24) is 4.98 Å². The Morgan fingerprint density at radius 3 is 2.62 bits per heavy atom. The number of pyridine rings is 1. The van der Waals surface area contributed by atoms with Crippen LogP contribution in [0.4, 0.5) is 11.4 Å². The van der Waals surface area contributed by atoms with Gasteiger partial charge in [-0.1, -0.05) is 19.3 Å². The normalized spacial score (nSPS) is 16.8. The zero-order valence-electron chi connectivity index (χ0n) is 14.7. The number of anilines is 2. The topological polar surface area (TPSA) is 72.5 Å². The molecule has 6 heteroatoms. The highest BCUT2D eigenvalue weighted by atomic mass is 16.6. The summed E-state index contributed by atoms with van der Waals surface area (Å²) in [6.45, 7) is 1.06. The molecule has 26 heavy (non-hydrogen) atoms. The fraction of sp³-hybridized carbons (Fsp3) is 0.400. The van der Waals surface area contributed by atoms with Crippen molar-refractivity contribution in [3.8, 4) is 11.5 Å². The number of hydrogen-bond donors (Lipinski definition) is 2. The van der Waals surface area contributed by atoms with Gasteiger partial charge in [0, 0.05) is 30.2 Å². The first kappa shape index (κ1) is 16.7. The molecule has 2 aromatic rings. The lowest BCUT2D eigenvalue weighted by molar-refractivity contribution is 0.102. The maximum Gasteiger partial charge on any atom is 0.257 e. The third kappa shape index (κ3) is 3.90. The van der Waals surface area contributed by atoms with Crippen LogP contribution in [0.3, 0.4) is 0 Å². The summed E-state index contributed by atoms with van der Waals surface area (Å²) in [6, 6.07) is 7.73. The summed E-state index contributed by atoms with van der Waals surface area (Å²) < 4.78 is 11.1. The van der Waals surface area contributed by atoms with E-state index in [1.807, 2.05) is 18.2 Å². The second kappa shape index (κ2) is 7.64. The summed E-state index contributed by atoms with van der Waals surface area (Å²) in [6.07, 6.45) is 9.54. The number of nitrogens with one attached hydrogen (secondary N) is 2. The first-order valence-electron chi connectivity index (χ1n) is 9.20. The molecule has 6 nitrogen and oxygen atoms in total. The fourth-order valence-corrected chi connectivity index (χ4v) is 3.45. The quantitative estimate of drug-likeness (QED) is 0.873. The van der Waals surface area contributed by atoms with Gasteiger partial charge in [-0.05, 0) is 31.0 Å². The molecule has 2 N–H and O–H groups in total. The minimum atomic E-state index is -0.193. The largest absolute Gasteiger partial charge is 0.486 e. The van der Waals surface area contributed by atoms with Gasteiger partial charge in [-0.2, -0.15) is 0 Å². The Hall–Kier alpha value is -2.76. The molecule has 2 aliphatic rings. The van der Waals surface area contributed by atoms with Crippen molar-refractivity contribution in [2.24, 2.45) is 0 Å². The van der Waals surface area contributed by atoms with Crippen LogP contribution in [0.5, 0.6) is 11.5 Å². The van der Waals surface area contributed by atoms with Crippen LogP contribution >= 0.6 is 0 Å². The van der Waals surface area contributed by atoms with Gasteiger partial charge < -0.3 is 20.1 Å². The lowest BCUT2D eigenvalue weighted by atomic mass is 9.95. The molecule has 0 saturated heterocycles. The molecule has 1 aromatic heterocycles. The number of amides is 1. The van der Waals surface area contributed by atoms with E-state index in [1.54, 1.807) is 18.5 Å². The highest BCUT2D eigenvalue weighted by molar-refractivity contribution is 6.04. The number of ether oxygens (including phenoxy) is 2. The van der Waals surface area contributed by atoms with Crippen LogP contribution < -0.4 is 20.1 Å². The summed E-state index contributed by atoms with van der Waals surface area (Å²) in [5.74, 6) is 1.16. The van der Waals surface area contributed by atoms with Crippen LogP contribution in [0.15, 0.2) is 36.7 Å². The van der Waals surface area contributed by atoms with Crippen LogP contribution in [-0.4, -0.2) is 30.1 Å². The van der Waals surface area contributed by atoms with E-state index in [9.17, 15) is 4.79 Å². The van der Waals surface area contributed by atoms with Crippen molar-refractivity contribution in [3.63, 3.8) is 0 Å². The van der Waals surface area contributed by atoms with E-state index >= 15 is 0 Å². The predicted molar refractivity (Wildman–Crippen MR) is 100 cm³/mol. The van der Waals surface area contributed by atoms with E-state index < -0.39 is 0 Å². The van der Waals surface area contributed by atoms with Crippen LogP contribution in [0, 0.1) is 0 Å². The third-order valence-corrected chi connectivity index (χ3v) is 4.78. The lowest BCUT2D eigenvalue weighted by Crippen LogP contribution is -2.22. The smallest absolute Gasteiger partial charge is 0.257 e. The van der Waals surface area contributed by atoms with Crippen LogP contribution in [0.1, 0.15) is 42.5 Å². The molecule has 0 bridgehead atoms. The molecule has 136 valence electrons. The highest BCUT2D eigenvalue weighted by Gasteiger charge is 2.16. The summed E-state index contributed by atoms with van der Waals surface area (Å²) in [5.41, 5.74) is 2.09. The molecule has 1 aliphatic carbocycles. The van der Waals surface area contributed by atoms with Crippen molar-refractivity contribution in [2.45, 2.75) is 38.1 Å². The first-order valence-corrected chi connectivity index (χ1v) is 9.20. The molecule has 1 aromatic carbocycles. The summed E-state index contributed by atoms with van der Waals surface area (Å²) in [4.78, 5) is 16.8. The van der Waals surface area contributed by atoms with Crippen molar-refractivity contribution < 1.29 is 14.3 Å². The molecular formula is C20H23N3O3. The predicted octanol–water partition coefficient (Wildman–Crippen LogP) is 3.85. The Kier molecular flexibility index (Phi) is 4.91. The number of hydrogen-bond acceptors (Lipinski definition) is 5. The number of carbonyl (C=O) groups excluding carboxylic acids is 1. The average Bonchev–Trinajstić information content (AvgIpc) is 2.69. The van der Waals surface area contributed by atoms with E-state index in [0.29, 0.717) is 42.0 Å². The Balaban J connectivity index is 1.43. The Morgan fingerprint density at radius 2 is 1.77 bits per heavy atom. The maximum atomic E-state index is 12.6. The zero-order chi connectivity index (χ0) is 17.8. The molecule has 0 atom stereocenters. The molecule has 1 saturated carbocycles. The summed E-state index contributed by atoms with van der Waals surface area (Å²) in [7, 11) is 0. The van der Waals surface area contributed by atoms with Crippen molar-refractivity contribution >= 4 is 17.3 Å². The Morgan fingerprint density at radius 1 is 0.962 bits per heavy atom. The number of rotatable bonds is 4. The fourth-order valence-electron chi connectivity index (χ4n) is 3.45. The van der Waals surface area contributed by atoms with Gasteiger partial charge >= 0.3 is 0 Å². The Labute approximate surface area is 152 Å². The number of nitrogens with zero attached hydrogens (tertiary/aromatic N) is 1. The van der Waals surface area contributed by atoms with Gasteiger partial charge in [-0.25, -0.2) is 0 Å². The number of fused-ring (bicyclic) bond motifs is 1.